The van der Waals surface area contributed by atoms with Crippen molar-refractivity contribution in [3.05, 3.63) is 321 Å². The topological polar surface area (TPSA) is 526 Å². The van der Waals surface area contributed by atoms with Crippen molar-refractivity contribution < 1.29 is 45.5 Å². The average molecular weight is 1960 g/mol. The molecule has 19 rings (SSSR count). The number of Topliss-reactive ketones (excluding diaryl/α,β-unsaturated/α-hetero) is 1. The fourth-order valence-electron chi connectivity index (χ4n) is 14.7. The summed E-state index contributed by atoms with van der Waals surface area (Å²) in [6.07, 6.45) is 13.8. The minimum Gasteiger partial charge on any atom is -0.464 e. The lowest BCUT2D eigenvalue weighted by molar-refractivity contribution is -0.122. The number of ketones is 1. The van der Waals surface area contributed by atoms with Gasteiger partial charge in [0.15, 0.2) is 61.5 Å². The lowest BCUT2D eigenvalue weighted by Crippen LogP contribution is -2.33. The number of hydrogen-bond acceptors (Lipinski definition) is 29. The van der Waals surface area contributed by atoms with Crippen LogP contribution in [0.15, 0.2) is 219 Å². The molecule has 1 fully saturated rings. The summed E-state index contributed by atoms with van der Waals surface area (Å²) in [5.41, 5.74) is 60.8. The normalized spacial score (nSPS) is 11.9. The molecule has 1 aliphatic rings. The van der Waals surface area contributed by atoms with E-state index in [1.54, 1.807) is 79.3 Å². The van der Waals surface area contributed by atoms with E-state index in [0.717, 1.165) is 70.1 Å². The van der Waals surface area contributed by atoms with Crippen LogP contribution in [-0.4, -0.2) is 137 Å². The number of nitrogens with zero attached hydrogens (tertiary/aromatic N) is 21. The predicted molar refractivity (Wildman–Crippen MR) is 526 cm³/mol. The predicted octanol–water partition coefficient (Wildman–Crippen LogP) is 17.3. The minimum atomic E-state index is -0.826. The van der Waals surface area contributed by atoms with Crippen molar-refractivity contribution in [2.24, 2.45) is 11.5 Å². The van der Waals surface area contributed by atoms with Gasteiger partial charge in [0, 0.05) is 124 Å². The number of primary amides is 1. The number of nitrogen functional groups attached to an aromatic ring is 6. The summed E-state index contributed by atoms with van der Waals surface area (Å²) in [5, 5.41) is 17.9. The molecule has 18 aromatic rings. The Morgan fingerprint density at radius 1 is 0.411 bits per heavy atom. The van der Waals surface area contributed by atoms with Crippen molar-refractivity contribution in [3.63, 3.8) is 0 Å². The molecule has 0 unspecified atom stereocenters. The number of pyridine rings is 3. The van der Waals surface area contributed by atoms with Crippen LogP contribution in [0.1, 0.15) is 87.5 Å². The summed E-state index contributed by atoms with van der Waals surface area (Å²) in [7, 11) is 3.18. The first-order valence-electron chi connectivity index (χ1n) is 42.2. The summed E-state index contributed by atoms with van der Waals surface area (Å²) in [6, 6.07) is 50.5. The zero-order chi connectivity index (χ0) is 100. The molecule has 33 nitrogen and oxygen atoms in total. The molecular formula is C99H84Cl3F6N29O4. The molecule has 0 aliphatic carbocycles. The number of methoxy groups -OCH3 is 1. The van der Waals surface area contributed by atoms with Crippen molar-refractivity contribution >= 4 is 104 Å². The third-order valence-electron chi connectivity index (χ3n) is 21.6. The number of imidazole rings is 3. The Hall–Kier alpha value is -17.4. The number of rotatable bonds is 16. The van der Waals surface area contributed by atoms with Crippen LogP contribution in [0.3, 0.4) is 0 Å². The average Bonchev–Trinajstić information content (AvgIpc) is 1.77. The highest BCUT2D eigenvalue weighted by atomic mass is 35.5. The largest absolute Gasteiger partial charge is 0.464 e. The highest BCUT2D eigenvalue weighted by Gasteiger charge is 2.30. The van der Waals surface area contributed by atoms with Crippen LogP contribution < -0.4 is 45.9 Å². The molecule has 1 saturated heterocycles. The molecule has 1 atom stereocenters. The van der Waals surface area contributed by atoms with E-state index >= 15 is 0 Å². The molecule has 42 heteroatoms. The maximum atomic E-state index is 14.0. The smallest absolute Gasteiger partial charge is 0.360 e. The van der Waals surface area contributed by atoms with Crippen molar-refractivity contribution in [1.82, 2.24) is 92.9 Å². The van der Waals surface area contributed by atoms with E-state index in [2.05, 4.69) is 79.4 Å². The number of nitriles is 2. The maximum absolute atomic E-state index is 14.0. The number of benzene rings is 6. The van der Waals surface area contributed by atoms with Crippen LogP contribution in [-0.2, 0) is 22.5 Å². The molecule has 6 aromatic carbocycles. The van der Waals surface area contributed by atoms with E-state index in [9.17, 15) is 46.0 Å². The van der Waals surface area contributed by atoms with Gasteiger partial charge in [-0.05, 0) is 156 Å². The van der Waals surface area contributed by atoms with Gasteiger partial charge in [-0.1, -0.05) is 115 Å². The van der Waals surface area contributed by atoms with Crippen molar-refractivity contribution in [2.45, 2.75) is 66.5 Å². The summed E-state index contributed by atoms with van der Waals surface area (Å²) in [4.78, 5) is 101. The van der Waals surface area contributed by atoms with Crippen LogP contribution in [0, 0.1) is 78.3 Å². The van der Waals surface area contributed by atoms with Crippen LogP contribution in [0.4, 0.5) is 61.2 Å². The van der Waals surface area contributed by atoms with Crippen LogP contribution in [0.2, 0.25) is 15.5 Å². The molecule has 712 valence electrons. The molecule has 0 spiro atoms. The number of nitrogens with two attached hydrogens (primary N) is 8. The van der Waals surface area contributed by atoms with Gasteiger partial charge in [-0.3, -0.25) is 14.5 Å². The van der Waals surface area contributed by atoms with E-state index in [4.69, 9.17) is 90.9 Å². The number of fused-ring (bicyclic) bond motifs is 3. The van der Waals surface area contributed by atoms with Crippen molar-refractivity contribution in [2.75, 3.05) is 55.1 Å². The Labute approximate surface area is 815 Å². The Balaban J connectivity index is 0.000000145. The third kappa shape index (κ3) is 23.5. The number of anilines is 6. The first kappa shape index (κ1) is 101. The molecular weight excluding hydrogens is 1880 g/mol. The molecule has 16 N–H and O–H groups in total. The highest BCUT2D eigenvalue weighted by molar-refractivity contribution is 6.33. The number of likely N-dealkylation sites (N-methyl/N-ethyl adjacent to an activating group) is 1. The number of amides is 1. The van der Waals surface area contributed by atoms with Gasteiger partial charge in [0.25, 0.3) is 5.91 Å². The van der Waals surface area contributed by atoms with Gasteiger partial charge in [-0.25, -0.2) is 106 Å². The van der Waals surface area contributed by atoms with Crippen molar-refractivity contribution in [3.8, 4) is 113 Å². The SMILES string of the molecule is C.COC(=O)c1nc(Cl)c(-c2cccc(F)c2)nc1N.Cc1cnc2ccc(-c3nc(C#N)c(N)nc3-c3cccc(F)c3)cn12.Cc1cnc2ccc(-c3nc(CCC(=O)[C@H]4CCCN4C)c(N)nc3-c3cccc(F)c3)cn12.Cc1cnc2ccc(-c3nc(CN)c(N)nc3-c3cccc(F)c3)cn12.N#Cc1nc(Cl)c(-c2cccc(F)c2)nc1N.NC(=O)c1nc(Cl)c(-c2cccc(F)c2)nc1N. The third-order valence-corrected chi connectivity index (χ3v) is 22.4. The van der Waals surface area contributed by atoms with Gasteiger partial charge < -0.3 is 63.8 Å². The van der Waals surface area contributed by atoms with Crippen LogP contribution >= 0.6 is 34.8 Å². The number of halogens is 9. The van der Waals surface area contributed by atoms with Gasteiger partial charge in [0.05, 0.1) is 58.7 Å². The Morgan fingerprint density at radius 3 is 1.07 bits per heavy atom. The second-order valence-corrected chi connectivity index (χ2v) is 32.1. The number of aromatic nitrogens is 18. The summed E-state index contributed by atoms with van der Waals surface area (Å²) in [5.74, 6) is -3.55. The standard InChI is InChI=1S/C26H27FN6O.C19H17FN6.C19H13FN6.C12H9ClFN3O2.C11H8ClFN4O.C11H6ClFN4.CH4/c1-16-14-29-23-11-8-18(15-33(16)23)25-24(17-5-3-6-19(27)13-17)31-26(28)20(30-25)9-10-22(34)21-7-4-12-32(21)2;2*1-11-9-23-16-6-5-13(10-26(11)16)18-17(12-3-2-4-14(20)7-12)25-19(22)15(8-21)24-18;1-19-12(18)9-11(15)17-8(10(13)16-9)6-3-2-4-7(14)5-6;12-9-7(5-2-1-3-6(13)4-5)17-10(14)8(16-9)11(15)18;12-10-9(6-2-1-3-7(13)4-6)17-11(15)8(5-14)16-10;/h3,5-6,8,11,13-15,21H,4,7,9-10,12H2,1-2H3,(H2,28,31);2-7,9-10H,8,21H2,1H3,(H2,22,25);2-7,9-10H,1H3,(H2,22,25);2-5H,1H3,(H2,15,17);1-4H,(H2,14,17)(H2,15,18);1-4H,(H2,15,17);1H4/t21-;;;;;;/m1....../s1. The highest BCUT2D eigenvalue weighted by Crippen LogP contribution is 2.38. The first-order chi connectivity index (χ1) is 67.2. The number of likely N-dealkylation sites (tertiary alicyclic amines) is 1. The number of ether oxygens (including phenoxy) is 1. The number of carbonyl (C=O) groups is 3. The van der Waals surface area contributed by atoms with Gasteiger partial charge in [-0.15, -0.1) is 0 Å². The van der Waals surface area contributed by atoms with Gasteiger partial charge in [0.1, 0.15) is 98.5 Å². The van der Waals surface area contributed by atoms with Crippen LogP contribution in [0.5, 0.6) is 0 Å². The monoisotopic (exact) mass is 1960 g/mol. The Bertz CT molecular complexity index is 7910. The molecule has 1 aliphatic heterocycles. The van der Waals surface area contributed by atoms with Gasteiger partial charge in [0.2, 0.25) is 0 Å². The zero-order valence-corrected chi connectivity index (χ0v) is 76.9. The second-order valence-electron chi connectivity index (χ2n) is 31.0. The minimum absolute atomic E-state index is 0. The van der Waals surface area contributed by atoms with Crippen molar-refractivity contribution in [1.29, 1.82) is 10.5 Å². The van der Waals surface area contributed by atoms with E-state index in [0.29, 0.717) is 91.8 Å². The number of aryl methyl sites for hydroxylation is 4. The Morgan fingerprint density at radius 2 is 0.723 bits per heavy atom. The molecule has 13 heterocycles. The number of hydrogen-bond donors (Lipinski definition) is 8. The summed E-state index contributed by atoms with van der Waals surface area (Å²) >= 11 is 17.7. The van der Waals surface area contributed by atoms with E-state index in [1.165, 1.54) is 98.1 Å². The van der Waals surface area contributed by atoms with E-state index in [-0.39, 0.29) is 133 Å². The number of esters is 1. The fourth-order valence-corrected chi connectivity index (χ4v) is 15.4. The molecule has 12 aromatic heterocycles. The molecule has 0 bridgehead atoms. The van der Waals surface area contributed by atoms with Crippen LogP contribution in [0.25, 0.3) is 118 Å². The zero-order valence-electron chi connectivity index (χ0n) is 74.6. The molecule has 0 radical (unpaired) electrons. The van der Waals surface area contributed by atoms with Gasteiger partial charge in [-0.2, -0.15) is 10.5 Å². The molecule has 0 saturated carbocycles. The number of carbonyl (C=O) groups excluding carboxylic acids is 3. The lowest BCUT2D eigenvalue weighted by atomic mass is 10.0. The van der Waals surface area contributed by atoms with Gasteiger partial charge >= 0.3 is 5.97 Å². The first-order valence-corrected chi connectivity index (χ1v) is 43.3. The maximum Gasteiger partial charge on any atom is 0.360 e. The second kappa shape index (κ2) is 44.6. The molecule has 141 heavy (non-hydrogen) atoms. The summed E-state index contributed by atoms with van der Waals surface area (Å²) < 4.78 is 91.1. The lowest BCUT2D eigenvalue weighted by Gasteiger charge is -2.18. The van der Waals surface area contributed by atoms with E-state index < -0.39 is 29.3 Å². The molecule has 1 amide bonds. The fraction of sp³-hybridized carbons (Fsp3) is 0.131. The Kier molecular flexibility index (Phi) is 32.0. The summed E-state index contributed by atoms with van der Waals surface area (Å²) in [6.45, 7) is 7.00. The quantitative estimate of drug-likeness (QED) is 0.0329. The van der Waals surface area contributed by atoms with E-state index in [1.807, 2.05) is 102 Å².